The van der Waals surface area contributed by atoms with Crippen LogP contribution in [0.2, 0.25) is 0 Å². The number of benzene rings is 1. The average Bonchev–Trinajstić information content (AvgIpc) is 2.65. The quantitative estimate of drug-likeness (QED) is 0.305. The highest BCUT2D eigenvalue weighted by atomic mass is 127. The molecule has 3 N–H and O–H groups in total. The monoisotopic (exact) mass is 536 g/mol. The van der Waals surface area contributed by atoms with Crippen molar-refractivity contribution in [1.82, 2.24) is 15.5 Å². The zero-order valence-electron chi connectivity index (χ0n) is 18.2. The van der Waals surface area contributed by atoms with Crippen molar-refractivity contribution in [3.63, 3.8) is 0 Å². The second-order valence-corrected chi connectivity index (χ2v) is 8.20. The summed E-state index contributed by atoms with van der Waals surface area (Å²) < 4.78 is 18.5. The van der Waals surface area contributed by atoms with Crippen LogP contribution in [0.5, 0.6) is 0 Å². The van der Waals surface area contributed by atoms with Crippen molar-refractivity contribution in [1.29, 1.82) is 0 Å². The number of piperidine rings is 1. The third kappa shape index (κ3) is 9.03. The first kappa shape index (κ1) is 26.4. The summed E-state index contributed by atoms with van der Waals surface area (Å²) in [6.07, 6.45) is 0.645. The molecule has 0 bridgehead atoms. The third-order valence-electron chi connectivity index (χ3n) is 4.44. The van der Waals surface area contributed by atoms with E-state index in [1.54, 1.807) is 17.0 Å². The minimum atomic E-state index is -0.823. The molecular weight excluding hydrogens is 502 g/mol. The molecule has 2 atom stereocenters. The molecule has 1 saturated heterocycles. The van der Waals surface area contributed by atoms with E-state index in [0.717, 1.165) is 12.8 Å². The van der Waals surface area contributed by atoms with Crippen molar-refractivity contribution in [3.8, 4) is 0 Å². The molecule has 1 aliphatic heterocycles. The van der Waals surface area contributed by atoms with Crippen molar-refractivity contribution in [3.05, 3.63) is 35.6 Å². The summed E-state index contributed by atoms with van der Waals surface area (Å²) in [7, 11) is 0. The largest absolute Gasteiger partial charge is 0.444 e. The highest BCUT2D eigenvalue weighted by molar-refractivity contribution is 14.0. The van der Waals surface area contributed by atoms with E-state index in [1.165, 1.54) is 12.1 Å². The van der Waals surface area contributed by atoms with Gasteiger partial charge in [-0.2, -0.15) is 0 Å². The molecule has 2 rings (SSSR count). The van der Waals surface area contributed by atoms with Crippen LogP contribution in [0, 0.1) is 5.82 Å². The molecule has 2 unspecified atom stereocenters. The average molecular weight is 536 g/mol. The number of aliphatic imine (C=N–C) groups is 1. The highest BCUT2D eigenvalue weighted by Gasteiger charge is 2.28. The maximum Gasteiger partial charge on any atom is 0.410 e. The van der Waals surface area contributed by atoms with Gasteiger partial charge < -0.3 is 25.4 Å². The molecule has 7 nitrogen and oxygen atoms in total. The first-order valence-electron chi connectivity index (χ1n) is 10.1. The predicted octanol–water partition coefficient (Wildman–Crippen LogP) is 3.43. The zero-order chi connectivity index (χ0) is 21.4. The number of carbonyl (C=O) groups excluding carboxylic acids is 1. The van der Waals surface area contributed by atoms with Gasteiger partial charge in [-0.05, 0) is 58.2 Å². The van der Waals surface area contributed by atoms with Crippen molar-refractivity contribution in [2.75, 3.05) is 26.2 Å². The number of nitrogens with zero attached hydrogens (tertiary/aromatic N) is 2. The molecule has 170 valence electrons. The minimum Gasteiger partial charge on any atom is -0.444 e. The summed E-state index contributed by atoms with van der Waals surface area (Å²) >= 11 is 0. The Morgan fingerprint density at radius 1 is 1.37 bits per heavy atom. The van der Waals surface area contributed by atoms with Crippen LogP contribution in [-0.4, -0.2) is 59.9 Å². The van der Waals surface area contributed by atoms with E-state index in [0.29, 0.717) is 31.2 Å². The second kappa shape index (κ2) is 12.3. The van der Waals surface area contributed by atoms with Crippen LogP contribution in [0.3, 0.4) is 0 Å². The van der Waals surface area contributed by atoms with E-state index in [-0.39, 0.29) is 48.5 Å². The van der Waals surface area contributed by atoms with E-state index >= 15 is 0 Å². The molecule has 0 aliphatic carbocycles. The molecule has 1 amide bonds. The van der Waals surface area contributed by atoms with Gasteiger partial charge in [0.15, 0.2) is 5.96 Å². The first-order chi connectivity index (χ1) is 13.7. The summed E-state index contributed by atoms with van der Waals surface area (Å²) in [5, 5.41) is 16.8. The highest BCUT2D eigenvalue weighted by Crippen LogP contribution is 2.16. The Morgan fingerprint density at radius 2 is 2.03 bits per heavy atom. The Kier molecular flexibility index (Phi) is 10.8. The number of aliphatic hydroxyl groups excluding tert-OH is 1. The number of rotatable bonds is 5. The zero-order valence-corrected chi connectivity index (χ0v) is 20.5. The molecule has 30 heavy (non-hydrogen) atoms. The number of halogens is 2. The van der Waals surface area contributed by atoms with Crippen LogP contribution in [0.1, 0.15) is 52.2 Å². The van der Waals surface area contributed by atoms with Gasteiger partial charge in [-0.15, -0.1) is 24.0 Å². The lowest BCUT2D eigenvalue weighted by molar-refractivity contribution is 0.0193. The summed E-state index contributed by atoms with van der Waals surface area (Å²) in [4.78, 5) is 18.5. The normalized spacial score (nSPS) is 18.3. The van der Waals surface area contributed by atoms with Crippen LogP contribution in [0.25, 0.3) is 0 Å². The minimum absolute atomic E-state index is 0. The molecule has 0 saturated carbocycles. The summed E-state index contributed by atoms with van der Waals surface area (Å²) in [6, 6.07) is 5.78. The van der Waals surface area contributed by atoms with Gasteiger partial charge in [-0.1, -0.05) is 12.1 Å². The molecule has 0 aromatic heterocycles. The molecule has 0 radical (unpaired) electrons. The van der Waals surface area contributed by atoms with Gasteiger partial charge in [-0.3, -0.25) is 4.99 Å². The van der Waals surface area contributed by atoms with Crippen molar-refractivity contribution in [2.24, 2.45) is 4.99 Å². The first-order valence-corrected chi connectivity index (χ1v) is 10.1. The number of ether oxygens (including phenoxy) is 1. The van der Waals surface area contributed by atoms with Gasteiger partial charge in [0.05, 0.1) is 12.6 Å². The van der Waals surface area contributed by atoms with Crippen LogP contribution in [0.15, 0.2) is 29.3 Å². The Bertz CT molecular complexity index is 694. The van der Waals surface area contributed by atoms with Crippen molar-refractivity contribution >= 4 is 36.0 Å². The van der Waals surface area contributed by atoms with Crippen molar-refractivity contribution < 1.29 is 19.0 Å². The molecule has 9 heteroatoms. The fourth-order valence-corrected chi connectivity index (χ4v) is 3.07. The lowest BCUT2D eigenvalue weighted by Gasteiger charge is -2.35. The molecule has 1 aromatic carbocycles. The summed E-state index contributed by atoms with van der Waals surface area (Å²) in [5.74, 6) is 0.232. The van der Waals surface area contributed by atoms with E-state index in [1.807, 2.05) is 27.7 Å². The summed E-state index contributed by atoms with van der Waals surface area (Å²) in [5.41, 5.74) is 0.0874. The topological polar surface area (TPSA) is 86.2 Å². The Morgan fingerprint density at radius 3 is 2.63 bits per heavy atom. The molecule has 1 fully saturated rings. The van der Waals surface area contributed by atoms with Crippen LogP contribution < -0.4 is 10.6 Å². The molecule has 1 aromatic rings. The lowest BCUT2D eigenvalue weighted by atomic mass is 10.1. The number of nitrogens with one attached hydrogen (secondary N) is 2. The number of likely N-dealkylation sites (tertiary alicyclic amines) is 1. The molecule has 1 aliphatic rings. The van der Waals surface area contributed by atoms with E-state index in [4.69, 9.17) is 4.74 Å². The SMILES string of the molecule is CCNC(=NCC(O)c1ccc(F)cc1)NC1CCCN(C(=O)OC(C)(C)C)C1.I. The van der Waals surface area contributed by atoms with Gasteiger partial charge in [0, 0.05) is 25.7 Å². The summed E-state index contributed by atoms with van der Waals surface area (Å²) in [6.45, 7) is 9.53. The molecule has 1 heterocycles. The standard InChI is InChI=1S/C21H33FN4O3.HI/c1-5-23-19(24-13-18(27)15-8-10-16(22)11-9-15)25-17-7-6-12-26(14-17)20(28)29-21(2,3)4;/h8-11,17-18,27H,5-7,12-14H2,1-4H3,(H2,23,24,25);1H. The number of hydrogen-bond donors (Lipinski definition) is 3. The fourth-order valence-electron chi connectivity index (χ4n) is 3.07. The second-order valence-electron chi connectivity index (χ2n) is 8.20. The number of guanidine groups is 1. The van der Waals surface area contributed by atoms with Gasteiger partial charge >= 0.3 is 6.09 Å². The Balaban J connectivity index is 0.00000450. The van der Waals surface area contributed by atoms with Crippen LogP contribution >= 0.6 is 24.0 Å². The van der Waals surface area contributed by atoms with Gasteiger partial charge in [0.1, 0.15) is 11.4 Å². The fraction of sp³-hybridized carbons (Fsp3) is 0.619. The smallest absolute Gasteiger partial charge is 0.410 e. The Hall–Kier alpha value is -1.62. The Labute approximate surface area is 195 Å². The number of hydrogen-bond acceptors (Lipinski definition) is 4. The predicted molar refractivity (Wildman–Crippen MR) is 127 cm³/mol. The number of aliphatic hydroxyl groups is 1. The van der Waals surface area contributed by atoms with Gasteiger partial charge in [0.2, 0.25) is 0 Å². The van der Waals surface area contributed by atoms with Gasteiger partial charge in [0.25, 0.3) is 0 Å². The number of carbonyl (C=O) groups is 1. The van der Waals surface area contributed by atoms with Crippen molar-refractivity contribution in [2.45, 2.75) is 58.3 Å². The lowest BCUT2D eigenvalue weighted by Crippen LogP contribution is -2.53. The maximum absolute atomic E-state index is 13.0. The van der Waals surface area contributed by atoms with Gasteiger partial charge in [-0.25, -0.2) is 9.18 Å². The maximum atomic E-state index is 13.0. The number of amides is 1. The van der Waals surface area contributed by atoms with E-state index in [2.05, 4.69) is 15.6 Å². The third-order valence-corrected chi connectivity index (χ3v) is 4.44. The molecule has 0 spiro atoms. The van der Waals surface area contributed by atoms with Crippen LogP contribution in [0.4, 0.5) is 9.18 Å². The van der Waals surface area contributed by atoms with E-state index in [9.17, 15) is 14.3 Å². The van der Waals surface area contributed by atoms with E-state index < -0.39 is 11.7 Å². The molecular formula is C21H34FIN4O3. The van der Waals surface area contributed by atoms with Crippen LogP contribution in [-0.2, 0) is 4.74 Å².